The maximum atomic E-state index is 14.0. The maximum absolute atomic E-state index is 14.0. The molecule has 2 aromatic rings. The molecule has 1 N–H and O–H groups in total. The van der Waals surface area contributed by atoms with E-state index in [1.807, 2.05) is 0 Å². The Balaban J connectivity index is 1.56. The highest BCUT2D eigenvalue weighted by atomic mass is 79.9. The van der Waals surface area contributed by atoms with E-state index in [4.69, 9.17) is 4.74 Å². The van der Waals surface area contributed by atoms with Gasteiger partial charge in [0.15, 0.2) is 5.78 Å². The van der Waals surface area contributed by atoms with Crippen molar-refractivity contribution in [1.82, 2.24) is 9.88 Å². The lowest BCUT2D eigenvalue weighted by atomic mass is 10.1. The average molecular weight is 395 g/mol. The number of halogens is 2. The molecule has 126 valence electrons. The molecule has 0 bridgehead atoms. The number of nitrogens with zero attached hydrogens (tertiary/aromatic N) is 1. The van der Waals surface area contributed by atoms with Gasteiger partial charge in [-0.25, -0.2) is 4.39 Å². The molecular formula is C17H16BrFN2O3. The first-order valence-electron chi connectivity index (χ1n) is 7.95. The van der Waals surface area contributed by atoms with Crippen LogP contribution in [0.1, 0.15) is 23.3 Å². The van der Waals surface area contributed by atoms with Gasteiger partial charge in [-0.3, -0.25) is 9.59 Å². The van der Waals surface area contributed by atoms with Crippen molar-refractivity contribution in [3.8, 4) is 0 Å². The molecule has 1 atom stereocenters. The van der Waals surface area contributed by atoms with Crippen LogP contribution < -0.4 is 0 Å². The fraction of sp³-hybridized carbons (Fsp3) is 0.412. The summed E-state index contributed by atoms with van der Waals surface area (Å²) in [7, 11) is 0. The Morgan fingerprint density at radius 3 is 2.83 bits per heavy atom. The summed E-state index contributed by atoms with van der Waals surface area (Å²) in [6.45, 7) is 1.03. The van der Waals surface area contributed by atoms with Crippen molar-refractivity contribution in [3.05, 3.63) is 34.2 Å². The summed E-state index contributed by atoms with van der Waals surface area (Å²) in [4.78, 5) is 29.4. The molecule has 1 unspecified atom stereocenters. The van der Waals surface area contributed by atoms with E-state index in [1.165, 1.54) is 12.1 Å². The molecule has 5 nitrogen and oxygen atoms in total. The molecule has 2 fully saturated rings. The lowest BCUT2D eigenvalue weighted by Crippen LogP contribution is -2.49. The summed E-state index contributed by atoms with van der Waals surface area (Å²) in [5, 5.41) is 0.375. The van der Waals surface area contributed by atoms with Crippen molar-refractivity contribution in [1.29, 1.82) is 0 Å². The van der Waals surface area contributed by atoms with Crippen LogP contribution in [-0.4, -0.2) is 47.4 Å². The minimum atomic E-state index is -0.537. The Kier molecular flexibility index (Phi) is 3.92. The predicted molar refractivity (Wildman–Crippen MR) is 89.3 cm³/mol. The van der Waals surface area contributed by atoms with Gasteiger partial charge in [0.25, 0.3) is 5.91 Å². The molecule has 1 aromatic carbocycles. The van der Waals surface area contributed by atoms with E-state index in [9.17, 15) is 14.0 Å². The van der Waals surface area contributed by atoms with Crippen LogP contribution in [0.3, 0.4) is 0 Å². The second kappa shape index (κ2) is 5.97. The summed E-state index contributed by atoms with van der Waals surface area (Å²) < 4.78 is 20.1. The van der Waals surface area contributed by atoms with Crippen LogP contribution in [0.5, 0.6) is 0 Å². The Bertz CT molecular complexity index is 831. The molecule has 7 heteroatoms. The van der Waals surface area contributed by atoms with Crippen LogP contribution in [-0.2, 0) is 9.53 Å². The fourth-order valence-electron chi connectivity index (χ4n) is 3.08. The van der Waals surface area contributed by atoms with Crippen molar-refractivity contribution in [2.45, 2.75) is 18.9 Å². The number of H-pyrrole nitrogens is 1. The largest absolute Gasteiger partial charge is 0.367 e. The monoisotopic (exact) mass is 394 g/mol. The normalized spacial score (nSPS) is 21.2. The van der Waals surface area contributed by atoms with Gasteiger partial charge in [0.1, 0.15) is 17.6 Å². The number of carbonyl (C=O) groups excluding carboxylic acids is 2. The smallest absolute Gasteiger partial charge is 0.270 e. The summed E-state index contributed by atoms with van der Waals surface area (Å²) in [6, 6.07) is 4.62. The minimum Gasteiger partial charge on any atom is -0.367 e. The molecule has 2 heterocycles. The van der Waals surface area contributed by atoms with Crippen LogP contribution in [0.15, 0.2) is 22.7 Å². The van der Waals surface area contributed by atoms with E-state index in [2.05, 4.69) is 20.9 Å². The number of amides is 1. The zero-order valence-corrected chi connectivity index (χ0v) is 14.4. The van der Waals surface area contributed by atoms with Crippen LogP contribution >= 0.6 is 15.9 Å². The molecule has 1 aliphatic heterocycles. The van der Waals surface area contributed by atoms with E-state index in [0.29, 0.717) is 34.2 Å². The Morgan fingerprint density at radius 2 is 2.08 bits per heavy atom. The summed E-state index contributed by atoms with van der Waals surface area (Å²) in [5.74, 6) is -0.430. The predicted octanol–water partition coefficient (Wildman–Crippen LogP) is 2.89. The lowest BCUT2D eigenvalue weighted by molar-refractivity contribution is -0.136. The highest BCUT2D eigenvalue weighted by Gasteiger charge is 2.38. The zero-order chi connectivity index (χ0) is 16.8. The SMILES string of the molecule is O=C(C1CC1)C1CN(C(=O)c2cc3c(F)cc(Br)cc3[nH]2)CCO1. The Hall–Kier alpha value is -1.73. The number of aromatic nitrogens is 1. The molecule has 0 spiro atoms. The topological polar surface area (TPSA) is 62.4 Å². The first-order valence-corrected chi connectivity index (χ1v) is 8.74. The van der Waals surface area contributed by atoms with Crippen LogP contribution in [0.4, 0.5) is 4.39 Å². The summed E-state index contributed by atoms with van der Waals surface area (Å²) >= 11 is 3.24. The molecule has 0 radical (unpaired) electrons. The van der Waals surface area contributed by atoms with Crippen LogP contribution in [0.2, 0.25) is 0 Å². The molecule has 2 aliphatic rings. The molecule has 1 aliphatic carbocycles. The van der Waals surface area contributed by atoms with Gasteiger partial charge in [-0.15, -0.1) is 0 Å². The van der Waals surface area contributed by atoms with E-state index < -0.39 is 11.9 Å². The van der Waals surface area contributed by atoms with Crippen molar-refractivity contribution in [2.24, 2.45) is 5.92 Å². The number of morpholine rings is 1. The number of fused-ring (bicyclic) bond motifs is 1. The number of Topliss-reactive ketones (excluding diaryl/α,β-unsaturated/α-hetero) is 1. The number of ketones is 1. The number of ether oxygens (including phenoxy) is 1. The highest BCUT2D eigenvalue weighted by Crippen LogP contribution is 2.32. The fourth-order valence-corrected chi connectivity index (χ4v) is 3.51. The van der Waals surface area contributed by atoms with Crippen molar-refractivity contribution in [2.75, 3.05) is 19.7 Å². The standard InChI is InChI=1S/C17H16BrFN2O3/c18-10-5-12(19)11-7-14(20-13(11)6-10)17(23)21-3-4-24-15(8-21)16(22)9-1-2-9/h5-7,9,15,20H,1-4,8H2. The number of nitrogens with one attached hydrogen (secondary N) is 1. The zero-order valence-electron chi connectivity index (χ0n) is 12.9. The second-order valence-electron chi connectivity index (χ2n) is 6.32. The highest BCUT2D eigenvalue weighted by molar-refractivity contribution is 9.10. The number of benzene rings is 1. The number of hydrogen-bond donors (Lipinski definition) is 1. The minimum absolute atomic E-state index is 0.0964. The lowest BCUT2D eigenvalue weighted by Gasteiger charge is -2.32. The average Bonchev–Trinajstić information content (AvgIpc) is 3.33. The number of aromatic amines is 1. The molecule has 1 amide bonds. The van der Waals surface area contributed by atoms with Crippen LogP contribution in [0.25, 0.3) is 10.9 Å². The first kappa shape index (κ1) is 15.8. The molecule has 1 saturated heterocycles. The van der Waals surface area contributed by atoms with Crippen molar-refractivity contribution < 1.29 is 18.7 Å². The first-order chi connectivity index (χ1) is 11.5. The molecule has 1 saturated carbocycles. The van der Waals surface area contributed by atoms with E-state index >= 15 is 0 Å². The molecule has 24 heavy (non-hydrogen) atoms. The quantitative estimate of drug-likeness (QED) is 0.870. The molecular weight excluding hydrogens is 379 g/mol. The van der Waals surface area contributed by atoms with Gasteiger partial charge < -0.3 is 14.6 Å². The van der Waals surface area contributed by atoms with E-state index in [0.717, 1.165) is 12.8 Å². The van der Waals surface area contributed by atoms with Gasteiger partial charge >= 0.3 is 0 Å². The Morgan fingerprint density at radius 1 is 1.29 bits per heavy atom. The van der Waals surface area contributed by atoms with Gasteiger partial charge in [-0.05, 0) is 31.0 Å². The van der Waals surface area contributed by atoms with Gasteiger partial charge in [-0.1, -0.05) is 15.9 Å². The summed E-state index contributed by atoms with van der Waals surface area (Å²) in [6.07, 6.45) is 1.30. The van der Waals surface area contributed by atoms with E-state index in [-0.39, 0.29) is 24.2 Å². The third-order valence-corrected chi connectivity index (χ3v) is 4.99. The van der Waals surface area contributed by atoms with Crippen LogP contribution in [0, 0.1) is 11.7 Å². The molecule has 4 rings (SSSR count). The van der Waals surface area contributed by atoms with Crippen molar-refractivity contribution >= 4 is 38.5 Å². The van der Waals surface area contributed by atoms with Gasteiger partial charge in [0.05, 0.1) is 18.7 Å². The number of hydrogen-bond acceptors (Lipinski definition) is 3. The van der Waals surface area contributed by atoms with Crippen molar-refractivity contribution in [3.63, 3.8) is 0 Å². The van der Waals surface area contributed by atoms with Gasteiger partial charge in [-0.2, -0.15) is 0 Å². The number of carbonyl (C=O) groups is 2. The second-order valence-corrected chi connectivity index (χ2v) is 7.23. The van der Waals surface area contributed by atoms with Gasteiger partial charge in [0, 0.05) is 22.3 Å². The Labute approximate surface area is 146 Å². The van der Waals surface area contributed by atoms with Gasteiger partial charge in [0.2, 0.25) is 0 Å². The third kappa shape index (κ3) is 2.86. The summed E-state index contributed by atoms with van der Waals surface area (Å²) in [5.41, 5.74) is 0.880. The number of rotatable bonds is 3. The van der Waals surface area contributed by atoms with E-state index in [1.54, 1.807) is 11.0 Å². The third-order valence-electron chi connectivity index (χ3n) is 4.53. The molecule has 1 aromatic heterocycles. The maximum Gasteiger partial charge on any atom is 0.270 e.